The van der Waals surface area contributed by atoms with Crippen LogP contribution in [0.5, 0.6) is 0 Å². The predicted octanol–water partition coefficient (Wildman–Crippen LogP) is 1.71. The number of hydrogen-bond donors (Lipinski definition) is 2. The summed E-state index contributed by atoms with van der Waals surface area (Å²) in [4.78, 5) is 15.1. The Morgan fingerprint density at radius 3 is 2.50 bits per heavy atom. The quantitative estimate of drug-likeness (QED) is 0.602. The molecule has 1 heterocycles. The normalized spacial score (nSPS) is 11.9. The summed E-state index contributed by atoms with van der Waals surface area (Å²) in [6, 6.07) is 13.4. The Labute approximate surface area is 154 Å². The van der Waals surface area contributed by atoms with Crippen LogP contribution < -0.4 is 15.7 Å². The first-order valence-corrected chi connectivity index (χ1v) is 10.6. The molecule has 0 spiro atoms. The average molecular weight is 391 g/mol. The van der Waals surface area contributed by atoms with E-state index in [0.717, 1.165) is 27.5 Å². The van der Waals surface area contributed by atoms with Gasteiger partial charge in [-0.2, -0.15) is 0 Å². The lowest BCUT2D eigenvalue weighted by molar-refractivity contribution is 0.580. The standard InChI is InChI=1S/C18H22N3O3PS/c1-2-9-26(23,24)19-11-13-3-5-14(6-4-13)12-21-17-10-15(25)7-8-16(17)20-18(21)22/h3-8,10,19H,2,9,11-12,25H2,1H3,(H,20,22). The van der Waals surface area contributed by atoms with Gasteiger partial charge in [0.05, 0.1) is 23.3 Å². The summed E-state index contributed by atoms with van der Waals surface area (Å²) in [6.07, 6.45) is 0.589. The van der Waals surface area contributed by atoms with E-state index in [9.17, 15) is 13.2 Å². The SMILES string of the molecule is CCCS(=O)(=O)NCc1ccc(Cn2c(=O)[nH]c3ccc(P)cc32)cc1. The molecule has 0 aliphatic carbocycles. The van der Waals surface area contributed by atoms with Gasteiger partial charge < -0.3 is 4.98 Å². The van der Waals surface area contributed by atoms with Gasteiger partial charge in [0.15, 0.2) is 0 Å². The van der Waals surface area contributed by atoms with Gasteiger partial charge in [0.2, 0.25) is 10.0 Å². The molecule has 3 aromatic rings. The molecule has 6 nitrogen and oxygen atoms in total. The van der Waals surface area contributed by atoms with E-state index in [4.69, 9.17) is 0 Å². The molecule has 0 fully saturated rings. The Kier molecular flexibility index (Phi) is 5.61. The van der Waals surface area contributed by atoms with Gasteiger partial charge in [-0.3, -0.25) is 4.57 Å². The summed E-state index contributed by atoms with van der Waals surface area (Å²) in [5.41, 5.74) is 3.38. The molecular weight excluding hydrogens is 369 g/mol. The van der Waals surface area contributed by atoms with E-state index in [1.807, 2.05) is 49.4 Å². The molecule has 0 bridgehead atoms. The number of fused-ring (bicyclic) bond motifs is 1. The van der Waals surface area contributed by atoms with E-state index < -0.39 is 10.0 Å². The molecule has 138 valence electrons. The monoisotopic (exact) mass is 391 g/mol. The largest absolute Gasteiger partial charge is 0.326 e. The first kappa shape index (κ1) is 18.8. The third-order valence-electron chi connectivity index (χ3n) is 4.13. The van der Waals surface area contributed by atoms with Crippen LogP contribution in [0.15, 0.2) is 47.3 Å². The summed E-state index contributed by atoms with van der Waals surface area (Å²) in [5.74, 6) is 0.131. The molecule has 0 saturated carbocycles. The van der Waals surface area contributed by atoms with Crippen LogP contribution in [0.3, 0.4) is 0 Å². The van der Waals surface area contributed by atoms with Gasteiger partial charge in [0.1, 0.15) is 0 Å². The zero-order valence-corrected chi connectivity index (χ0v) is 16.5. The van der Waals surface area contributed by atoms with Crippen molar-refractivity contribution in [2.75, 3.05) is 5.75 Å². The molecule has 8 heteroatoms. The highest BCUT2D eigenvalue weighted by atomic mass is 32.2. The van der Waals surface area contributed by atoms with Gasteiger partial charge >= 0.3 is 5.69 Å². The van der Waals surface area contributed by atoms with Gasteiger partial charge in [-0.25, -0.2) is 17.9 Å². The lowest BCUT2D eigenvalue weighted by Gasteiger charge is -2.08. The van der Waals surface area contributed by atoms with Crippen LogP contribution in [-0.2, 0) is 23.1 Å². The summed E-state index contributed by atoms with van der Waals surface area (Å²) >= 11 is 0. The molecule has 0 aliphatic heterocycles. The van der Waals surface area contributed by atoms with Crippen molar-refractivity contribution in [1.29, 1.82) is 0 Å². The first-order valence-electron chi connectivity index (χ1n) is 8.41. The van der Waals surface area contributed by atoms with Crippen LogP contribution in [0.1, 0.15) is 24.5 Å². The summed E-state index contributed by atoms with van der Waals surface area (Å²) in [6.45, 7) is 2.56. The molecule has 0 radical (unpaired) electrons. The van der Waals surface area contributed by atoms with E-state index in [1.54, 1.807) is 4.57 Å². The second kappa shape index (κ2) is 7.74. The van der Waals surface area contributed by atoms with Crippen molar-refractivity contribution in [1.82, 2.24) is 14.3 Å². The highest BCUT2D eigenvalue weighted by molar-refractivity contribution is 7.89. The Hall–Kier alpha value is -1.95. The van der Waals surface area contributed by atoms with E-state index in [1.165, 1.54) is 0 Å². The molecule has 26 heavy (non-hydrogen) atoms. The first-order chi connectivity index (χ1) is 12.4. The van der Waals surface area contributed by atoms with E-state index in [2.05, 4.69) is 18.9 Å². The molecule has 0 aliphatic rings. The Morgan fingerprint density at radius 1 is 1.12 bits per heavy atom. The van der Waals surface area contributed by atoms with E-state index in [0.29, 0.717) is 13.0 Å². The number of nitrogens with zero attached hydrogens (tertiary/aromatic N) is 1. The number of hydrogen-bond acceptors (Lipinski definition) is 3. The minimum atomic E-state index is -3.22. The van der Waals surface area contributed by atoms with Crippen molar-refractivity contribution in [2.24, 2.45) is 0 Å². The van der Waals surface area contributed by atoms with E-state index in [-0.39, 0.29) is 18.0 Å². The van der Waals surface area contributed by atoms with Gasteiger partial charge in [-0.1, -0.05) is 37.3 Å². The summed E-state index contributed by atoms with van der Waals surface area (Å²) in [5, 5.41) is 1.01. The maximum atomic E-state index is 12.2. The molecule has 3 rings (SSSR count). The van der Waals surface area contributed by atoms with Crippen molar-refractivity contribution in [3.05, 3.63) is 64.1 Å². The van der Waals surface area contributed by atoms with Crippen molar-refractivity contribution in [3.8, 4) is 0 Å². The predicted molar refractivity (Wildman–Crippen MR) is 108 cm³/mol. The second-order valence-electron chi connectivity index (χ2n) is 6.25. The zero-order valence-electron chi connectivity index (χ0n) is 14.5. The number of rotatable bonds is 7. The Bertz CT molecular complexity index is 1070. The number of aromatic amines is 1. The number of imidazole rings is 1. The van der Waals surface area contributed by atoms with Gasteiger partial charge in [-0.15, -0.1) is 9.24 Å². The number of sulfonamides is 1. The highest BCUT2D eigenvalue weighted by Gasteiger charge is 2.09. The van der Waals surface area contributed by atoms with Crippen molar-refractivity contribution in [3.63, 3.8) is 0 Å². The zero-order chi connectivity index (χ0) is 18.7. The molecule has 2 aromatic carbocycles. The smallest absolute Gasteiger partial charge is 0.306 e. The maximum Gasteiger partial charge on any atom is 0.326 e. The van der Waals surface area contributed by atoms with Crippen LogP contribution in [0.25, 0.3) is 11.0 Å². The molecule has 1 atom stereocenters. The van der Waals surface area contributed by atoms with Gasteiger partial charge in [0, 0.05) is 6.54 Å². The Morgan fingerprint density at radius 2 is 1.81 bits per heavy atom. The topological polar surface area (TPSA) is 84.0 Å². The number of nitrogens with one attached hydrogen (secondary N) is 2. The third kappa shape index (κ3) is 4.41. The van der Waals surface area contributed by atoms with Crippen LogP contribution in [-0.4, -0.2) is 23.7 Å². The fourth-order valence-corrected chi connectivity index (χ4v) is 4.13. The highest BCUT2D eigenvalue weighted by Crippen LogP contribution is 2.12. The van der Waals surface area contributed by atoms with Crippen LogP contribution in [0.2, 0.25) is 0 Å². The van der Waals surface area contributed by atoms with Crippen LogP contribution in [0, 0.1) is 0 Å². The number of H-pyrrole nitrogens is 1. The fourth-order valence-electron chi connectivity index (χ4n) is 2.81. The molecule has 0 saturated heterocycles. The van der Waals surface area contributed by atoms with Crippen LogP contribution >= 0.6 is 9.24 Å². The Balaban J connectivity index is 1.75. The molecule has 0 amide bonds. The minimum absolute atomic E-state index is 0.131. The van der Waals surface area contributed by atoms with Crippen molar-refractivity contribution >= 4 is 35.6 Å². The second-order valence-corrected chi connectivity index (χ2v) is 8.84. The fraction of sp³-hybridized carbons (Fsp3) is 0.278. The van der Waals surface area contributed by atoms with Gasteiger partial charge in [0.25, 0.3) is 0 Å². The lowest BCUT2D eigenvalue weighted by atomic mass is 10.1. The molecule has 1 aromatic heterocycles. The molecular formula is C18H22N3O3PS. The number of benzene rings is 2. The maximum absolute atomic E-state index is 12.2. The van der Waals surface area contributed by atoms with E-state index >= 15 is 0 Å². The summed E-state index contributed by atoms with van der Waals surface area (Å²) < 4.78 is 27.7. The van der Waals surface area contributed by atoms with Crippen molar-refractivity contribution < 1.29 is 8.42 Å². The van der Waals surface area contributed by atoms with Crippen molar-refractivity contribution in [2.45, 2.75) is 26.4 Å². The molecule has 1 unspecified atom stereocenters. The van der Waals surface area contributed by atoms with Gasteiger partial charge in [-0.05, 0) is 35.0 Å². The lowest BCUT2D eigenvalue weighted by Crippen LogP contribution is -2.25. The van der Waals surface area contributed by atoms with Crippen LogP contribution in [0.4, 0.5) is 0 Å². The molecule has 2 N–H and O–H groups in total. The summed E-state index contributed by atoms with van der Waals surface area (Å²) in [7, 11) is -0.584. The average Bonchev–Trinajstić information content (AvgIpc) is 2.89. The minimum Gasteiger partial charge on any atom is -0.306 e. The third-order valence-corrected chi connectivity index (χ3v) is 6.02. The number of aromatic nitrogens is 2.